The molecule has 1 saturated carbocycles. The van der Waals surface area contributed by atoms with E-state index < -0.39 is 5.97 Å². The van der Waals surface area contributed by atoms with E-state index in [1.807, 2.05) is 6.92 Å². The third-order valence-electron chi connectivity index (χ3n) is 3.71. The Morgan fingerprint density at radius 1 is 1.41 bits per heavy atom. The van der Waals surface area contributed by atoms with Gasteiger partial charge in [-0.15, -0.1) is 11.8 Å². The summed E-state index contributed by atoms with van der Waals surface area (Å²) in [5.74, 6) is -1.41. The SMILES string of the molecule is C[C@H]1Sc2ccc(C(=O)N(CC(=O)O)C3CC3)cc2NC1=O. The van der Waals surface area contributed by atoms with Crippen molar-refractivity contribution >= 4 is 35.2 Å². The number of amides is 2. The van der Waals surface area contributed by atoms with Crippen molar-refractivity contribution in [3.05, 3.63) is 23.8 Å². The number of carbonyl (C=O) groups excluding carboxylic acids is 2. The lowest BCUT2D eigenvalue weighted by molar-refractivity contribution is -0.137. The molecule has 0 radical (unpaired) electrons. The number of thioether (sulfide) groups is 1. The van der Waals surface area contributed by atoms with Crippen molar-refractivity contribution < 1.29 is 19.5 Å². The van der Waals surface area contributed by atoms with Crippen molar-refractivity contribution in [3.63, 3.8) is 0 Å². The van der Waals surface area contributed by atoms with E-state index in [1.54, 1.807) is 18.2 Å². The summed E-state index contributed by atoms with van der Waals surface area (Å²) in [6, 6.07) is 5.14. The fraction of sp³-hybridized carbons (Fsp3) is 0.400. The fourth-order valence-electron chi connectivity index (χ4n) is 2.41. The van der Waals surface area contributed by atoms with Crippen LogP contribution < -0.4 is 5.32 Å². The lowest BCUT2D eigenvalue weighted by atomic mass is 10.1. The van der Waals surface area contributed by atoms with E-state index >= 15 is 0 Å². The van der Waals surface area contributed by atoms with E-state index in [0.29, 0.717) is 11.3 Å². The van der Waals surface area contributed by atoms with E-state index in [4.69, 9.17) is 5.11 Å². The third-order valence-corrected chi connectivity index (χ3v) is 4.89. The normalized spacial score (nSPS) is 20.0. The highest BCUT2D eigenvalue weighted by Gasteiger charge is 2.34. The number of nitrogens with one attached hydrogen (secondary N) is 1. The minimum atomic E-state index is -1.02. The molecule has 6 nitrogen and oxygen atoms in total. The number of fused-ring (bicyclic) bond motifs is 1. The molecule has 1 aliphatic heterocycles. The Morgan fingerprint density at radius 2 is 2.14 bits per heavy atom. The van der Waals surface area contributed by atoms with Gasteiger partial charge in [0.2, 0.25) is 5.91 Å². The summed E-state index contributed by atoms with van der Waals surface area (Å²) in [4.78, 5) is 37.5. The van der Waals surface area contributed by atoms with Gasteiger partial charge in [0, 0.05) is 16.5 Å². The molecule has 22 heavy (non-hydrogen) atoms. The van der Waals surface area contributed by atoms with Crippen molar-refractivity contribution in [1.82, 2.24) is 4.90 Å². The van der Waals surface area contributed by atoms with E-state index in [1.165, 1.54) is 16.7 Å². The van der Waals surface area contributed by atoms with Crippen LogP contribution in [-0.2, 0) is 9.59 Å². The highest BCUT2D eigenvalue weighted by Crippen LogP contribution is 2.36. The Kier molecular flexibility index (Phi) is 3.82. The van der Waals surface area contributed by atoms with Crippen LogP contribution in [-0.4, -0.2) is 45.6 Å². The van der Waals surface area contributed by atoms with Crippen LogP contribution in [0.4, 0.5) is 5.69 Å². The van der Waals surface area contributed by atoms with Gasteiger partial charge in [-0.1, -0.05) is 0 Å². The minimum Gasteiger partial charge on any atom is -0.480 e. The summed E-state index contributed by atoms with van der Waals surface area (Å²) in [6.07, 6.45) is 1.68. The summed E-state index contributed by atoms with van der Waals surface area (Å²) in [5, 5.41) is 11.6. The molecule has 116 valence electrons. The predicted octanol–water partition coefficient (Wildman–Crippen LogP) is 1.81. The Balaban J connectivity index is 1.85. The number of benzene rings is 1. The predicted molar refractivity (Wildman–Crippen MR) is 82.1 cm³/mol. The lowest BCUT2D eigenvalue weighted by Crippen LogP contribution is -2.37. The van der Waals surface area contributed by atoms with Gasteiger partial charge in [0.15, 0.2) is 0 Å². The van der Waals surface area contributed by atoms with Gasteiger partial charge in [0.25, 0.3) is 5.91 Å². The zero-order chi connectivity index (χ0) is 15.9. The van der Waals surface area contributed by atoms with Crippen molar-refractivity contribution in [2.24, 2.45) is 0 Å². The van der Waals surface area contributed by atoms with Crippen molar-refractivity contribution in [3.8, 4) is 0 Å². The highest BCUT2D eigenvalue weighted by atomic mass is 32.2. The van der Waals surface area contributed by atoms with Gasteiger partial charge in [0.1, 0.15) is 6.54 Å². The first-order chi connectivity index (χ1) is 10.5. The van der Waals surface area contributed by atoms with Gasteiger partial charge < -0.3 is 15.3 Å². The molecule has 1 aliphatic carbocycles. The van der Waals surface area contributed by atoms with Crippen LogP contribution in [0.2, 0.25) is 0 Å². The van der Waals surface area contributed by atoms with E-state index in [9.17, 15) is 14.4 Å². The van der Waals surface area contributed by atoms with Crippen LogP contribution >= 0.6 is 11.8 Å². The zero-order valence-corrected chi connectivity index (χ0v) is 12.9. The van der Waals surface area contributed by atoms with Crippen molar-refractivity contribution in [1.29, 1.82) is 0 Å². The largest absolute Gasteiger partial charge is 0.480 e. The number of aliphatic carboxylic acids is 1. The van der Waals surface area contributed by atoms with Gasteiger partial charge >= 0.3 is 5.97 Å². The monoisotopic (exact) mass is 320 g/mol. The molecule has 0 unspecified atom stereocenters. The smallest absolute Gasteiger partial charge is 0.323 e. The van der Waals surface area contributed by atoms with E-state index in [-0.39, 0.29) is 29.7 Å². The summed E-state index contributed by atoms with van der Waals surface area (Å²) in [5.41, 5.74) is 1.02. The first-order valence-corrected chi connectivity index (χ1v) is 7.98. The Hall–Kier alpha value is -2.02. The van der Waals surface area contributed by atoms with E-state index in [0.717, 1.165) is 17.7 Å². The van der Waals surface area contributed by atoms with Gasteiger partial charge in [-0.2, -0.15) is 0 Å². The average Bonchev–Trinajstić information content (AvgIpc) is 3.29. The lowest BCUT2D eigenvalue weighted by Gasteiger charge is -2.24. The van der Waals surface area contributed by atoms with Gasteiger partial charge in [0.05, 0.1) is 10.9 Å². The van der Waals surface area contributed by atoms with Crippen LogP contribution in [0, 0.1) is 0 Å². The fourth-order valence-corrected chi connectivity index (χ4v) is 3.34. The molecule has 2 N–H and O–H groups in total. The van der Waals surface area contributed by atoms with Gasteiger partial charge in [-0.05, 0) is 38.0 Å². The third kappa shape index (κ3) is 2.94. The number of hydrogen-bond acceptors (Lipinski definition) is 4. The Bertz CT molecular complexity index is 657. The number of carboxylic acids is 1. The number of carbonyl (C=O) groups is 3. The highest BCUT2D eigenvalue weighted by molar-refractivity contribution is 8.00. The number of rotatable bonds is 4. The van der Waals surface area contributed by atoms with Crippen LogP contribution in [0.5, 0.6) is 0 Å². The van der Waals surface area contributed by atoms with Crippen LogP contribution in [0.15, 0.2) is 23.1 Å². The molecule has 0 aromatic heterocycles. The van der Waals surface area contributed by atoms with Gasteiger partial charge in [-0.25, -0.2) is 0 Å². The number of nitrogens with zero attached hydrogens (tertiary/aromatic N) is 1. The van der Waals surface area contributed by atoms with Crippen LogP contribution in [0.3, 0.4) is 0 Å². The molecule has 1 fully saturated rings. The summed E-state index contributed by atoms with van der Waals surface area (Å²) >= 11 is 1.45. The molecule has 1 aromatic rings. The second kappa shape index (κ2) is 5.64. The molecule has 0 spiro atoms. The number of anilines is 1. The molecule has 7 heteroatoms. The molecular weight excluding hydrogens is 304 g/mol. The molecule has 1 heterocycles. The summed E-state index contributed by atoms with van der Waals surface area (Å²) < 4.78 is 0. The molecule has 0 saturated heterocycles. The molecule has 0 bridgehead atoms. The van der Waals surface area contributed by atoms with Crippen LogP contribution in [0.1, 0.15) is 30.1 Å². The first kappa shape index (κ1) is 14.9. The summed E-state index contributed by atoms with van der Waals surface area (Å²) in [6.45, 7) is 1.53. The maximum Gasteiger partial charge on any atom is 0.323 e. The standard InChI is InChI=1S/C15H16N2O4S/c1-8-14(20)16-11-6-9(2-5-12(11)22-8)15(21)17(7-13(18)19)10-3-4-10/h2,5-6,8,10H,3-4,7H2,1H3,(H,16,20)(H,18,19)/t8-/m1/s1. The maximum atomic E-state index is 12.5. The zero-order valence-electron chi connectivity index (χ0n) is 12.0. The molecule has 2 aliphatic rings. The maximum absolute atomic E-state index is 12.5. The second-order valence-electron chi connectivity index (χ2n) is 5.52. The molecule has 1 atom stereocenters. The Labute approximate surface area is 131 Å². The summed E-state index contributed by atoms with van der Waals surface area (Å²) in [7, 11) is 0. The minimum absolute atomic E-state index is 0.0172. The molecule has 1 aromatic carbocycles. The van der Waals surface area contributed by atoms with Crippen LogP contribution in [0.25, 0.3) is 0 Å². The van der Waals surface area contributed by atoms with Crippen molar-refractivity contribution in [2.45, 2.75) is 36.0 Å². The molecular formula is C15H16N2O4S. The van der Waals surface area contributed by atoms with E-state index in [2.05, 4.69) is 5.32 Å². The quantitative estimate of drug-likeness (QED) is 0.883. The second-order valence-corrected chi connectivity index (χ2v) is 6.90. The average molecular weight is 320 g/mol. The van der Waals surface area contributed by atoms with Crippen molar-refractivity contribution in [2.75, 3.05) is 11.9 Å². The topological polar surface area (TPSA) is 86.7 Å². The molecule has 3 rings (SSSR count). The Morgan fingerprint density at radius 3 is 2.77 bits per heavy atom. The first-order valence-electron chi connectivity index (χ1n) is 7.10. The number of carboxylic acid groups (broad SMARTS) is 1. The molecule has 2 amide bonds. The number of hydrogen-bond donors (Lipinski definition) is 2. The van der Waals surface area contributed by atoms with Gasteiger partial charge in [-0.3, -0.25) is 14.4 Å².